The van der Waals surface area contributed by atoms with Gasteiger partial charge >= 0.3 is 6.18 Å². The van der Waals surface area contributed by atoms with Crippen LogP contribution in [0.15, 0.2) is 6.07 Å². The summed E-state index contributed by atoms with van der Waals surface area (Å²) in [6.07, 6.45) is -5.11. The van der Waals surface area contributed by atoms with Gasteiger partial charge in [0.25, 0.3) is 0 Å². The first-order valence-corrected chi connectivity index (χ1v) is 5.99. The number of hydrogen-bond acceptors (Lipinski definition) is 1. The standard InChI is InChI=1S/C12H15ClF3NO/c1-7-6-10(11(18)8(2)13)9(3)17(7)5-4-12(14,15)16/h6,8H,4-5H2,1-3H3. The highest BCUT2D eigenvalue weighted by atomic mass is 35.5. The molecular formula is C12H15ClF3NO. The smallest absolute Gasteiger partial charge is 0.348 e. The molecule has 1 unspecified atom stereocenters. The molecule has 0 radical (unpaired) electrons. The lowest BCUT2D eigenvalue weighted by Gasteiger charge is -2.11. The quantitative estimate of drug-likeness (QED) is 0.607. The average molecular weight is 282 g/mol. The van der Waals surface area contributed by atoms with Crippen LogP contribution < -0.4 is 0 Å². The van der Waals surface area contributed by atoms with Gasteiger partial charge in [-0.3, -0.25) is 4.79 Å². The Hall–Kier alpha value is -0.970. The monoisotopic (exact) mass is 281 g/mol. The molecule has 18 heavy (non-hydrogen) atoms. The third-order valence-electron chi connectivity index (χ3n) is 2.82. The number of ketones is 1. The van der Waals surface area contributed by atoms with Crippen LogP contribution in [0.1, 0.15) is 35.1 Å². The van der Waals surface area contributed by atoms with Crippen molar-refractivity contribution in [2.45, 2.75) is 45.3 Å². The summed E-state index contributed by atoms with van der Waals surface area (Å²) in [5.74, 6) is -0.261. The van der Waals surface area contributed by atoms with Gasteiger partial charge in [-0.25, -0.2) is 0 Å². The Kier molecular flexibility index (Phi) is 4.48. The lowest BCUT2D eigenvalue weighted by atomic mass is 10.1. The highest BCUT2D eigenvalue weighted by Crippen LogP contribution is 2.24. The molecule has 0 N–H and O–H groups in total. The SMILES string of the molecule is Cc1cc(C(=O)C(C)Cl)c(C)n1CCC(F)(F)F. The second-order valence-corrected chi connectivity index (χ2v) is 4.94. The van der Waals surface area contributed by atoms with E-state index in [2.05, 4.69) is 0 Å². The summed E-state index contributed by atoms with van der Waals surface area (Å²) in [6.45, 7) is 4.69. The van der Waals surface area contributed by atoms with Crippen molar-refractivity contribution in [3.8, 4) is 0 Å². The summed E-state index contributed by atoms with van der Waals surface area (Å²) in [5.41, 5.74) is 1.57. The number of carbonyl (C=O) groups is 1. The van der Waals surface area contributed by atoms with Gasteiger partial charge in [-0.05, 0) is 26.8 Å². The first-order valence-electron chi connectivity index (χ1n) is 5.55. The summed E-state index contributed by atoms with van der Waals surface area (Å²) in [4.78, 5) is 11.8. The normalized spacial score (nSPS) is 13.7. The van der Waals surface area contributed by atoms with Crippen LogP contribution in [0.4, 0.5) is 13.2 Å². The van der Waals surface area contributed by atoms with Crippen LogP contribution >= 0.6 is 11.6 Å². The molecule has 0 fully saturated rings. The van der Waals surface area contributed by atoms with E-state index >= 15 is 0 Å². The lowest BCUT2D eigenvalue weighted by molar-refractivity contribution is -0.136. The predicted molar refractivity (Wildman–Crippen MR) is 64.2 cm³/mol. The molecule has 102 valence electrons. The summed E-state index contributed by atoms with van der Waals surface area (Å²) < 4.78 is 38.1. The molecule has 1 rings (SSSR count). The first-order chi connectivity index (χ1) is 8.13. The van der Waals surface area contributed by atoms with Gasteiger partial charge in [0.05, 0.1) is 11.8 Å². The van der Waals surface area contributed by atoms with E-state index < -0.39 is 18.0 Å². The zero-order chi connectivity index (χ0) is 14.1. The van der Waals surface area contributed by atoms with E-state index in [-0.39, 0.29) is 12.3 Å². The van der Waals surface area contributed by atoms with Crippen molar-refractivity contribution in [3.05, 3.63) is 23.0 Å². The highest BCUT2D eigenvalue weighted by molar-refractivity contribution is 6.33. The predicted octanol–water partition coefficient (Wildman–Crippen LogP) is 3.87. The number of aromatic nitrogens is 1. The number of nitrogens with zero attached hydrogens (tertiary/aromatic N) is 1. The largest absolute Gasteiger partial charge is 0.390 e. The lowest BCUT2D eigenvalue weighted by Crippen LogP contribution is -2.15. The fraction of sp³-hybridized carbons (Fsp3) is 0.583. The topological polar surface area (TPSA) is 22.0 Å². The number of carbonyl (C=O) groups excluding carboxylic acids is 1. The number of aryl methyl sites for hydroxylation is 1. The van der Waals surface area contributed by atoms with Crippen LogP contribution in [-0.2, 0) is 6.54 Å². The molecule has 0 aliphatic heterocycles. The molecule has 1 aromatic heterocycles. The van der Waals surface area contributed by atoms with Crippen molar-refractivity contribution in [2.24, 2.45) is 0 Å². The number of alkyl halides is 4. The van der Waals surface area contributed by atoms with Gasteiger partial charge in [-0.15, -0.1) is 11.6 Å². The van der Waals surface area contributed by atoms with Gasteiger partial charge in [-0.2, -0.15) is 13.2 Å². The summed E-state index contributed by atoms with van der Waals surface area (Å²) in [7, 11) is 0. The van der Waals surface area contributed by atoms with Crippen LogP contribution in [0.2, 0.25) is 0 Å². The molecule has 0 amide bonds. The van der Waals surface area contributed by atoms with Gasteiger partial charge < -0.3 is 4.57 Å². The fourth-order valence-corrected chi connectivity index (χ4v) is 1.97. The number of hydrogen-bond donors (Lipinski definition) is 0. The van der Waals surface area contributed by atoms with Crippen LogP contribution in [-0.4, -0.2) is 21.9 Å². The third-order valence-corrected chi connectivity index (χ3v) is 3.02. The Balaban J connectivity index is 2.98. The molecule has 0 bridgehead atoms. The Bertz CT molecular complexity index is 449. The molecule has 0 spiro atoms. The van der Waals surface area contributed by atoms with Crippen molar-refractivity contribution >= 4 is 17.4 Å². The summed E-state index contributed by atoms with van der Waals surface area (Å²) in [5, 5.41) is -0.679. The van der Waals surface area contributed by atoms with Crippen molar-refractivity contribution in [2.75, 3.05) is 0 Å². The van der Waals surface area contributed by atoms with E-state index in [0.717, 1.165) is 0 Å². The minimum absolute atomic E-state index is 0.175. The van der Waals surface area contributed by atoms with Gasteiger partial charge in [0.1, 0.15) is 0 Å². The van der Waals surface area contributed by atoms with Gasteiger partial charge in [0, 0.05) is 23.5 Å². The molecule has 0 saturated heterocycles. The fourth-order valence-electron chi connectivity index (χ4n) is 1.85. The summed E-state index contributed by atoms with van der Waals surface area (Å²) in [6, 6.07) is 1.59. The molecule has 0 aliphatic carbocycles. The average Bonchev–Trinajstić information content (AvgIpc) is 2.49. The first kappa shape index (κ1) is 15.1. The molecule has 6 heteroatoms. The zero-order valence-electron chi connectivity index (χ0n) is 10.4. The van der Waals surface area contributed by atoms with E-state index in [4.69, 9.17) is 11.6 Å². The molecular weight excluding hydrogens is 267 g/mol. The van der Waals surface area contributed by atoms with Gasteiger partial charge in [0.15, 0.2) is 5.78 Å². The zero-order valence-corrected chi connectivity index (χ0v) is 11.2. The molecule has 0 aliphatic rings. The molecule has 1 heterocycles. The van der Waals surface area contributed by atoms with Crippen LogP contribution in [0.3, 0.4) is 0 Å². The van der Waals surface area contributed by atoms with E-state index in [1.807, 2.05) is 0 Å². The van der Waals surface area contributed by atoms with Gasteiger partial charge in [0.2, 0.25) is 0 Å². The highest BCUT2D eigenvalue weighted by Gasteiger charge is 2.28. The third kappa shape index (κ3) is 3.51. The minimum atomic E-state index is -4.20. The van der Waals surface area contributed by atoms with E-state index in [1.165, 1.54) is 4.57 Å². The molecule has 0 aromatic carbocycles. The van der Waals surface area contributed by atoms with Crippen molar-refractivity contribution in [3.63, 3.8) is 0 Å². The van der Waals surface area contributed by atoms with Crippen LogP contribution in [0.25, 0.3) is 0 Å². The molecule has 1 atom stereocenters. The van der Waals surface area contributed by atoms with E-state index in [9.17, 15) is 18.0 Å². The van der Waals surface area contributed by atoms with Crippen LogP contribution in [0.5, 0.6) is 0 Å². The maximum absolute atomic E-state index is 12.2. The van der Waals surface area contributed by atoms with E-state index in [1.54, 1.807) is 26.8 Å². The van der Waals surface area contributed by atoms with Crippen molar-refractivity contribution in [1.82, 2.24) is 4.57 Å². The van der Waals surface area contributed by atoms with Crippen molar-refractivity contribution < 1.29 is 18.0 Å². The summed E-state index contributed by atoms with van der Waals surface area (Å²) >= 11 is 5.71. The van der Waals surface area contributed by atoms with Crippen LogP contribution in [0, 0.1) is 13.8 Å². The molecule has 2 nitrogen and oxygen atoms in total. The maximum Gasteiger partial charge on any atom is 0.390 e. The maximum atomic E-state index is 12.2. The minimum Gasteiger partial charge on any atom is -0.348 e. The Morgan fingerprint density at radius 1 is 1.44 bits per heavy atom. The number of rotatable bonds is 4. The Morgan fingerprint density at radius 3 is 2.44 bits per heavy atom. The molecule has 1 aromatic rings. The molecule has 0 saturated carbocycles. The Labute approximate surface area is 109 Å². The number of halogens is 4. The van der Waals surface area contributed by atoms with E-state index in [0.29, 0.717) is 17.0 Å². The Morgan fingerprint density at radius 2 is 2.00 bits per heavy atom. The second kappa shape index (κ2) is 5.34. The second-order valence-electron chi connectivity index (χ2n) is 4.28. The number of Topliss-reactive ketones (excluding diaryl/α,β-unsaturated/α-hetero) is 1. The van der Waals surface area contributed by atoms with Crippen molar-refractivity contribution in [1.29, 1.82) is 0 Å². The van der Waals surface area contributed by atoms with Gasteiger partial charge in [-0.1, -0.05) is 0 Å².